The maximum atomic E-state index is 13.2. The quantitative estimate of drug-likeness (QED) is 0.220. The zero-order valence-electron chi connectivity index (χ0n) is 26.0. The minimum Gasteiger partial charge on any atom is -0.445 e. The van der Waals surface area contributed by atoms with Crippen molar-refractivity contribution < 1.29 is 14.3 Å². The topological polar surface area (TPSA) is 42.0 Å². The minimum absolute atomic E-state index is 0. The molecule has 2 fully saturated rings. The van der Waals surface area contributed by atoms with Gasteiger partial charge in [0.1, 0.15) is 6.61 Å². The molecule has 6 heteroatoms. The summed E-state index contributed by atoms with van der Waals surface area (Å²) in [6.45, 7) is 10.7. The fraction of sp³-hybridized carbons (Fsp3) is 0.486. The van der Waals surface area contributed by atoms with Crippen LogP contribution in [0, 0.1) is 11.8 Å². The number of likely N-dealkylation sites (tertiary alicyclic amines) is 1. The van der Waals surface area contributed by atoms with Gasteiger partial charge in [0.15, 0.2) is 0 Å². The molecule has 2 aliphatic rings. The molecule has 1 saturated carbocycles. The first-order valence-corrected chi connectivity index (χ1v) is 15.9. The number of hydrogen-bond acceptors (Lipinski definition) is 4. The molecule has 4 atom stereocenters. The maximum Gasteiger partial charge on any atom is 0.410 e. The van der Waals surface area contributed by atoms with Crippen molar-refractivity contribution in [2.24, 2.45) is 11.8 Å². The molecule has 1 aliphatic heterocycles. The van der Waals surface area contributed by atoms with Gasteiger partial charge in [-0.3, -0.25) is 0 Å². The SMILES string of the molecule is CC(C)CN(C(=O)OCc1ccccc1)C1CCN(CC2CC(OC(C)c3ccccc3)CC2c2ccccc2)CC1.Cl. The van der Waals surface area contributed by atoms with Gasteiger partial charge >= 0.3 is 6.09 Å². The molecule has 1 aliphatic carbocycles. The fourth-order valence-electron chi connectivity index (χ4n) is 6.90. The summed E-state index contributed by atoms with van der Waals surface area (Å²) in [7, 11) is 0. The van der Waals surface area contributed by atoms with Gasteiger partial charge in [-0.25, -0.2) is 4.79 Å². The van der Waals surface area contributed by atoms with E-state index in [1.54, 1.807) is 0 Å². The standard InChI is InChI=1S/C37H48N2O3.ClH/c1-28(2)25-39(37(40)41-27-30-13-7-4-8-14-30)34-19-21-38(22-20-34)26-33-23-35(24-36(33)32-17-11-6-12-18-32)42-29(3)31-15-9-5-10-16-31;/h4-18,28-29,33-36H,19-27H2,1-3H3;1H. The molecule has 1 amide bonds. The number of piperidine rings is 1. The van der Waals surface area contributed by atoms with Crippen LogP contribution < -0.4 is 0 Å². The van der Waals surface area contributed by atoms with Crippen molar-refractivity contribution in [3.63, 3.8) is 0 Å². The molecule has 5 rings (SSSR count). The van der Waals surface area contributed by atoms with Crippen LogP contribution in [0.15, 0.2) is 91.0 Å². The van der Waals surface area contributed by atoms with Gasteiger partial charge in [0, 0.05) is 32.2 Å². The van der Waals surface area contributed by atoms with Crippen molar-refractivity contribution in [1.82, 2.24) is 9.80 Å². The molecular weight excluding hydrogens is 556 g/mol. The van der Waals surface area contributed by atoms with Crippen LogP contribution in [-0.4, -0.2) is 54.2 Å². The van der Waals surface area contributed by atoms with Crippen LogP contribution in [0.1, 0.15) is 75.2 Å². The van der Waals surface area contributed by atoms with E-state index in [9.17, 15) is 4.79 Å². The van der Waals surface area contributed by atoms with Crippen LogP contribution >= 0.6 is 12.4 Å². The number of ether oxygens (including phenoxy) is 2. The second-order valence-electron chi connectivity index (χ2n) is 12.7. The summed E-state index contributed by atoms with van der Waals surface area (Å²) in [6.07, 6.45) is 4.30. The van der Waals surface area contributed by atoms with Crippen LogP contribution in [0.5, 0.6) is 0 Å². The van der Waals surface area contributed by atoms with Crippen molar-refractivity contribution in [2.45, 2.75) is 77.2 Å². The second-order valence-corrected chi connectivity index (χ2v) is 12.7. The number of nitrogens with zero attached hydrogens (tertiary/aromatic N) is 2. The Morgan fingerprint density at radius 3 is 2.09 bits per heavy atom. The number of hydrogen-bond donors (Lipinski definition) is 0. The summed E-state index contributed by atoms with van der Waals surface area (Å²) >= 11 is 0. The van der Waals surface area contributed by atoms with E-state index in [1.807, 2.05) is 35.2 Å². The Balaban J connectivity index is 0.00000423. The van der Waals surface area contributed by atoms with Crippen molar-refractivity contribution in [3.05, 3.63) is 108 Å². The van der Waals surface area contributed by atoms with Gasteiger partial charge in [-0.2, -0.15) is 0 Å². The lowest BCUT2D eigenvalue weighted by atomic mass is 9.88. The molecule has 4 unspecified atom stereocenters. The fourth-order valence-corrected chi connectivity index (χ4v) is 6.90. The highest BCUT2D eigenvalue weighted by Crippen LogP contribution is 2.43. The van der Waals surface area contributed by atoms with Gasteiger partial charge in [-0.1, -0.05) is 105 Å². The normalized spacial score (nSPS) is 21.7. The van der Waals surface area contributed by atoms with Crippen molar-refractivity contribution in [2.75, 3.05) is 26.2 Å². The molecular formula is C37H49ClN2O3. The Kier molecular flexibility index (Phi) is 12.5. The number of amides is 1. The van der Waals surface area contributed by atoms with E-state index in [1.165, 1.54) is 11.1 Å². The molecule has 232 valence electrons. The van der Waals surface area contributed by atoms with Gasteiger partial charge in [0.25, 0.3) is 0 Å². The average Bonchev–Trinajstić information content (AvgIpc) is 3.42. The number of carbonyl (C=O) groups excluding carboxylic acids is 1. The average molecular weight is 605 g/mol. The zero-order chi connectivity index (χ0) is 29.3. The van der Waals surface area contributed by atoms with Crippen molar-refractivity contribution in [1.29, 1.82) is 0 Å². The summed E-state index contributed by atoms with van der Waals surface area (Å²) < 4.78 is 12.4. The molecule has 1 saturated heterocycles. The summed E-state index contributed by atoms with van der Waals surface area (Å²) in [5.41, 5.74) is 3.70. The summed E-state index contributed by atoms with van der Waals surface area (Å²) in [6, 6.07) is 31.8. The van der Waals surface area contributed by atoms with Gasteiger partial charge in [-0.05, 0) is 67.1 Å². The highest BCUT2D eigenvalue weighted by atomic mass is 35.5. The van der Waals surface area contributed by atoms with Crippen LogP contribution in [-0.2, 0) is 16.1 Å². The predicted molar refractivity (Wildman–Crippen MR) is 177 cm³/mol. The number of benzene rings is 3. The Morgan fingerprint density at radius 1 is 0.860 bits per heavy atom. The third-order valence-electron chi connectivity index (χ3n) is 9.04. The van der Waals surface area contributed by atoms with E-state index in [-0.39, 0.29) is 36.8 Å². The smallest absolute Gasteiger partial charge is 0.410 e. The monoisotopic (exact) mass is 604 g/mol. The molecule has 0 radical (unpaired) electrons. The van der Waals surface area contributed by atoms with E-state index in [2.05, 4.69) is 86.3 Å². The number of carbonyl (C=O) groups is 1. The first-order chi connectivity index (χ1) is 20.5. The van der Waals surface area contributed by atoms with E-state index >= 15 is 0 Å². The highest BCUT2D eigenvalue weighted by Gasteiger charge is 2.38. The second kappa shape index (κ2) is 16.3. The van der Waals surface area contributed by atoms with E-state index in [0.29, 0.717) is 24.4 Å². The first-order valence-electron chi connectivity index (χ1n) is 15.9. The number of rotatable bonds is 11. The minimum atomic E-state index is -0.182. The lowest BCUT2D eigenvalue weighted by molar-refractivity contribution is -0.00280. The third-order valence-corrected chi connectivity index (χ3v) is 9.04. The predicted octanol–water partition coefficient (Wildman–Crippen LogP) is 8.51. The Morgan fingerprint density at radius 2 is 1.47 bits per heavy atom. The highest BCUT2D eigenvalue weighted by molar-refractivity contribution is 5.85. The molecule has 1 heterocycles. The molecule has 0 bridgehead atoms. The third kappa shape index (κ3) is 9.31. The largest absolute Gasteiger partial charge is 0.445 e. The molecule has 3 aromatic carbocycles. The van der Waals surface area contributed by atoms with Gasteiger partial charge < -0.3 is 19.3 Å². The van der Waals surface area contributed by atoms with Crippen LogP contribution in [0.3, 0.4) is 0 Å². The molecule has 0 spiro atoms. The van der Waals surface area contributed by atoms with Crippen LogP contribution in [0.4, 0.5) is 4.79 Å². The molecule has 3 aromatic rings. The van der Waals surface area contributed by atoms with E-state index in [4.69, 9.17) is 9.47 Å². The van der Waals surface area contributed by atoms with Crippen molar-refractivity contribution in [3.8, 4) is 0 Å². The summed E-state index contributed by atoms with van der Waals surface area (Å²) in [5.74, 6) is 1.45. The first kappa shape index (κ1) is 33.0. The lowest BCUT2D eigenvalue weighted by Gasteiger charge is -2.40. The van der Waals surface area contributed by atoms with Crippen LogP contribution in [0.2, 0.25) is 0 Å². The Bertz CT molecular complexity index is 1220. The van der Waals surface area contributed by atoms with Gasteiger partial charge in [-0.15, -0.1) is 12.4 Å². The van der Waals surface area contributed by atoms with E-state index < -0.39 is 0 Å². The molecule has 43 heavy (non-hydrogen) atoms. The lowest BCUT2D eigenvalue weighted by Crippen LogP contribution is -2.49. The van der Waals surface area contributed by atoms with E-state index in [0.717, 1.165) is 57.4 Å². The maximum absolute atomic E-state index is 13.2. The summed E-state index contributed by atoms with van der Waals surface area (Å²) in [4.78, 5) is 17.8. The van der Waals surface area contributed by atoms with Crippen LogP contribution in [0.25, 0.3) is 0 Å². The van der Waals surface area contributed by atoms with Gasteiger partial charge in [0.05, 0.1) is 12.2 Å². The number of halogens is 1. The molecule has 0 N–H and O–H groups in total. The molecule has 0 aromatic heterocycles. The van der Waals surface area contributed by atoms with Gasteiger partial charge in [0.2, 0.25) is 0 Å². The molecule has 5 nitrogen and oxygen atoms in total. The summed E-state index contributed by atoms with van der Waals surface area (Å²) in [5, 5.41) is 0. The Labute approximate surface area is 265 Å². The zero-order valence-corrected chi connectivity index (χ0v) is 26.8. The Hall–Kier alpha value is -2.86. The van der Waals surface area contributed by atoms with Crippen molar-refractivity contribution >= 4 is 18.5 Å².